The number of carbonyl (C=O) groups excluding carboxylic acids is 1. The fourth-order valence-corrected chi connectivity index (χ4v) is 4.57. The Labute approximate surface area is 196 Å². The number of carbonyl (C=O) groups is 2. The van der Waals surface area contributed by atoms with Crippen molar-refractivity contribution in [3.63, 3.8) is 0 Å². The van der Waals surface area contributed by atoms with Crippen LogP contribution in [0, 0.1) is 5.92 Å². The standard InChI is InChI=1S/C25H26N4O5/c1-2-15-13-22(30)27-28-23(15)17-7-10-20-21(12-17)34-24(26-20)16-5-8-19(9-6-16)33-14-18-4-3-11-29(18)25(31)32/h5-10,12,15,18H,2-4,11,13-14H2,1H3,(H,27,30)(H,31,32)/t15?,18-/m1/s1. The molecule has 1 unspecified atom stereocenters. The minimum absolute atomic E-state index is 0.0616. The van der Waals surface area contributed by atoms with E-state index in [2.05, 4.69) is 15.5 Å². The number of nitrogens with one attached hydrogen (secondary N) is 1. The lowest BCUT2D eigenvalue weighted by Crippen LogP contribution is -2.37. The van der Waals surface area contributed by atoms with Crippen molar-refractivity contribution in [2.24, 2.45) is 11.0 Å². The van der Waals surface area contributed by atoms with Gasteiger partial charge in [0, 0.05) is 30.0 Å². The largest absolute Gasteiger partial charge is 0.491 e. The Bertz CT molecular complexity index is 1250. The molecule has 0 radical (unpaired) electrons. The molecule has 1 fully saturated rings. The zero-order valence-electron chi connectivity index (χ0n) is 18.9. The topological polar surface area (TPSA) is 117 Å². The summed E-state index contributed by atoms with van der Waals surface area (Å²) in [4.78, 5) is 29.0. The van der Waals surface area contributed by atoms with Crippen LogP contribution in [0.1, 0.15) is 38.2 Å². The lowest BCUT2D eigenvalue weighted by molar-refractivity contribution is -0.122. The van der Waals surface area contributed by atoms with Gasteiger partial charge in [0.1, 0.15) is 17.9 Å². The van der Waals surface area contributed by atoms with Crippen LogP contribution in [0.4, 0.5) is 4.79 Å². The number of likely N-dealkylation sites (tertiary alicyclic amines) is 1. The average molecular weight is 463 g/mol. The first-order chi connectivity index (χ1) is 16.5. The monoisotopic (exact) mass is 462 g/mol. The fourth-order valence-electron chi connectivity index (χ4n) is 4.57. The molecule has 9 nitrogen and oxygen atoms in total. The number of hydrogen-bond donors (Lipinski definition) is 2. The van der Waals surface area contributed by atoms with E-state index in [4.69, 9.17) is 9.15 Å². The second-order valence-corrected chi connectivity index (χ2v) is 8.65. The number of benzene rings is 2. The summed E-state index contributed by atoms with van der Waals surface area (Å²) in [6.45, 7) is 2.94. The third kappa shape index (κ3) is 4.33. The molecular weight excluding hydrogens is 436 g/mol. The molecule has 3 aromatic rings. The SMILES string of the molecule is CCC1CC(=O)NN=C1c1ccc2nc(-c3ccc(OC[C@H]4CCCN4C(=O)O)cc3)oc2c1. The van der Waals surface area contributed by atoms with Crippen LogP contribution in [0.25, 0.3) is 22.6 Å². The molecule has 176 valence electrons. The van der Waals surface area contributed by atoms with E-state index in [-0.39, 0.29) is 17.9 Å². The highest BCUT2D eigenvalue weighted by atomic mass is 16.5. The smallest absolute Gasteiger partial charge is 0.407 e. The molecule has 2 aromatic carbocycles. The van der Waals surface area contributed by atoms with E-state index in [1.807, 2.05) is 49.4 Å². The first-order valence-corrected chi connectivity index (χ1v) is 11.5. The molecule has 34 heavy (non-hydrogen) atoms. The number of nitrogens with zero attached hydrogens (tertiary/aromatic N) is 3. The molecule has 2 amide bonds. The third-order valence-corrected chi connectivity index (χ3v) is 6.46. The van der Waals surface area contributed by atoms with Crippen molar-refractivity contribution < 1.29 is 23.8 Å². The van der Waals surface area contributed by atoms with Gasteiger partial charge < -0.3 is 19.2 Å². The normalized spacial score (nSPS) is 20.3. The minimum Gasteiger partial charge on any atom is -0.491 e. The summed E-state index contributed by atoms with van der Waals surface area (Å²) in [6.07, 6.45) is 2.03. The van der Waals surface area contributed by atoms with Gasteiger partial charge in [-0.15, -0.1) is 0 Å². The van der Waals surface area contributed by atoms with E-state index >= 15 is 0 Å². The molecule has 0 spiro atoms. The highest BCUT2D eigenvalue weighted by Crippen LogP contribution is 2.29. The predicted octanol–water partition coefficient (Wildman–Crippen LogP) is 4.27. The van der Waals surface area contributed by atoms with Gasteiger partial charge in [0.15, 0.2) is 5.58 Å². The highest BCUT2D eigenvalue weighted by molar-refractivity contribution is 6.07. The van der Waals surface area contributed by atoms with Gasteiger partial charge in [-0.25, -0.2) is 15.2 Å². The van der Waals surface area contributed by atoms with Crippen molar-refractivity contribution in [2.75, 3.05) is 13.2 Å². The van der Waals surface area contributed by atoms with Crippen LogP contribution >= 0.6 is 0 Å². The van der Waals surface area contributed by atoms with Crippen LogP contribution in [-0.2, 0) is 4.79 Å². The second kappa shape index (κ2) is 9.17. The maximum atomic E-state index is 11.7. The lowest BCUT2D eigenvalue weighted by atomic mass is 9.90. The zero-order chi connectivity index (χ0) is 23.7. The van der Waals surface area contributed by atoms with E-state index in [9.17, 15) is 14.7 Å². The first kappa shape index (κ1) is 21.9. The number of fused-ring (bicyclic) bond motifs is 1. The maximum Gasteiger partial charge on any atom is 0.407 e. The quantitative estimate of drug-likeness (QED) is 0.565. The van der Waals surface area contributed by atoms with Crippen molar-refractivity contribution >= 4 is 28.8 Å². The first-order valence-electron chi connectivity index (χ1n) is 11.5. The molecule has 2 atom stereocenters. The molecule has 2 aliphatic heterocycles. The molecule has 0 bridgehead atoms. The maximum absolute atomic E-state index is 11.7. The van der Waals surface area contributed by atoms with Gasteiger partial charge in [-0.05, 0) is 55.7 Å². The van der Waals surface area contributed by atoms with Crippen LogP contribution in [-0.4, -0.2) is 51.9 Å². The predicted molar refractivity (Wildman–Crippen MR) is 126 cm³/mol. The Morgan fingerprint density at radius 3 is 2.79 bits per heavy atom. The third-order valence-electron chi connectivity index (χ3n) is 6.46. The Morgan fingerprint density at radius 2 is 2.03 bits per heavy atom. The van der Waals surface area contributed by atoms with E-state index in [1.54, 1.807) is 0 Å². The second-order valence-electron chi connectivity index (χ2n) is 8.65. The molecule has 0 saturated carbocycles. The van der Waals surface area contributed by atoms with Crippen molar-refractivity contribution in [3.8, 4) is 17.2 Å². The number of hydrogen-bond acceptors (Lipinski definition) is 6. The van der Waals surface area contributed by atoms with Crippen LogP contribution in [0.3, 0.4) is 0 Å². The summed E-state index contributed by atoms with van der Waals surface area (Å²) >= 11 is 0. The number of rotatable bonds is 6. The molecule has 1 aromatic heterocycles. The van der Waals surface area contributed by atoms with Crippen LogP contribution in [0.2, 0.25) is 0 Å². The van der Waals surface area contributed by atoms with Crippen LogP contribution in [0.15, 0.2) is 52.0 Å². The summed E-state index contributed by atoms with van der Waals surface area (Å²) in [5.41, 5.74) is 6.54. The Hall–Kier alpha value is -3.88. The van der Waals surface area contributed by atoms with Gasteiger partial charge in [0.25, 0.3) is 0 Å². The Morgan fingerprint density at radius 1 is 1.24 bits per heavy atom. The summed E-state index contributed by atoms with van der Waals surface area (Å²) in [5.74, 6) is 1.18. The number of carboxylic acid groups (broad SMARTS) is 1. The Balaban J connectivity index is 1.30. The molecule has 9 heteroatoms. The number of ether oxygens (including phenoxy) is 1. The van der Waals surface area contributed by atoms with Crippen molar-refractivity contribution in [2.45, 2.75) is 38.6 Å². The van der Waals surface area contributed by atoms with Crippen molar-refractivity contribution in [1.82, 2.24) is 15.3 Å². The molecule has 0 aliphatic carbocycles. The highest BCUT2D eigenvalue weighted by Gasteiger charge is 2.29. The summed E-state index contributed by atoms with van der Waals surface area (Å²) in [7, 11) is 0. The average Bonchev–Trinajstić information content (AvgIpc) is 3.49. The molecule has 1 saturated heterocycles. The van der Waals surface area contributed by atoms with Gasteiger partial charge >= 0.3 is 6.09 Å². The van der Waals surface area contributed by atoms with Gasteiger partial charge in [-0.1, -0.05) is 13.0 Å². The number of amides is 2. The van der Waals surface area contributed by atoms with E-state index in [0.717, 1.165) is 41.6 Å². The van der Waals surface area contributed by atoms with Gasteiger partial charge in [0.2, 0.25) is 11.8 Å². The molecule has 2 aliphatic rings. The molecule has 5 rings (SSSR count). The van der Waals surface area contributed by atoms with Crippen LogP contribution < -0.4 is 10.2 Å². The zero-order valence-corrected chi connectivity index (χ0v) is 18.9. The Kier molecular flexibility index (Phi) is 5.91. The van der Waals surface area contributed by atoms with Crippen LogP contribution in [0.5, 0.6) is 5.75 Å². The van der Waals surface area contributed by atoms with Crippen molar-refractivity contribution in [3.05, 3.63) is 48.0 Å². The number of aromatic nitrogens is 1. The van der Waals surface area contributed by atoms with Crippen molar-refractivity contribution in [1.29, 1.82) is 0 Å². The minimum atomic E-state index is -0.897. The fraction of sp³-hybridized carbons (Fsp3) is 0.360. The molecule has 2 N–H and O–H groups in total. The number of hydrazone groups is 1. The lowest BCUT2D eigenvalue weighted by Gasteiger charge is -2.21. The molecule has 3 heterocycles. The molecular formula is C25H26N4O5. The van der Waals surface area contributed by atoms with Gasteiger partial charge in [-0.3, -0.25) is 4.79 Å². The van der Waals surface area contributed by atoms with E-state index < -0.39 is 6.09 Å². The summed E-state index contributed by atoms with van der Waals surface area (Å²) < 4.78 is 11.9. The van der Waals surface area contributed by atoms with Gasteiger partial charge in [-0.2, -0.15) is 5.10 Å². The van der Waals surface area contributed by atoms with E-state index in [1.165, 1.54) is 4.90 Å². The summed E-state index contributed by atoms with van der Waals surface area (Å²) in [5, 5.41) is 13.5. The number of oxazole rings is 1. The van der Waals surface area contributed by atoms with E-state index in [0.29, 0.717) is 36.8 Å². The van der Waals surface area contributed by atoms with Gasteiger partial charge in [0.05, 0.1) is 11.8 Å². The summed E-state index contributed by atoms with van der Waals surface area (Å²) in [6, 6.07) is 13.1.